The summed E-state index contributed by atoms with van der Waals surface area (Å²) in [5.41, 5.74) is 2.69. The second-order valence-corrected chi connectivity index (χ2v) is 5.85. The highest BCUT2D eigenvalue weighted by atomic mass is 16.4. The summed E-state index contributed by atoms with van der Waals surface area (Å²) in [5, 5.41) is 17.1. The maximum absolute atomic E-state index is 12.7. The van der Waals surface area contributed by atoms with E-state index in [4.69, 9.17) is 5.11 Å². The van der Waals surface area contributed by atoms with Crippen LogP contribution in [0.5, 0.6) is 0 Å². The average Bonchev–Trinajstić information content (AvgIpc) is 2.93. The SMILES string of the molecule is CCC(C)N(CC(=O)O)C(=O)c1nnn(-c2ccc(C)cc2)c1C. The van der Waals surface area contributed by atoms with Crippen molar-refractivity contribution in [2.24, 2.45) is 0 Å². The lowest BCUT2D eigenvalue weighted by Gasteiger charge is -2.26. The van der Waals surface area contributed by atoms with Crippen molar-refractivity contribution in [2.75, 3.05) is 6.54 Å². The second-order valence-electron chi connectivity index (χ2n) is 5.85. The van der Waals surface area contributed by atoms with Crippen LogP contribution in [0.4, 0.5) is 0 Å². The Morgan fingerprint density at radius 2 is 1.88 bits per heavy atom. The molecule has 1 atom stereocenters. The van der Waals surface area contributed by atoms with Crippen LogP contribution in [0.1, 0.15) is 42.0 Å². The first-order chi connectivity index (χ1) is 11.3. The Bertz CT molecular complexity index is 737. The molecule has 1 amide bonds. The average molecular weight is 330 g/mol. The molecular weight excluding hydrogens is 308 g/mol. The first kappa shape index (κ1) is 17.7. The predicted molar refractivity (Wildman–Crippen MR) is 89.3 cm³/mol. The Morgan fingerprint density at radius 1 is 1.25 bits per heavy atom. The number of aromatic nitrogens is 3. The molecule has 0 spiro atoms. The summed E-state index contributed by atoms with van der Waals surface area (Å²) in [6, 6.07) is 7.50. The van der Waals surface area contributed by atoms with Gasteiger partial charge in [0.1, 0.15) is 6.54 Å². The lowest BCUT2D eigenvalue weighted by molar-refractivity contribution is -0.138. The lowest BCUT2D eigenvalue weighted by Crippen LogP contribution is -2.42. The third-order valence-corrected chi connectivity index (χ3v) is 4.07. The summed E-state index contributed by atoms with van der Waals surface area (Å²) < 4.78 is 1.59. The van der Waals surface area contributed by atoms with Crippen LogP contribution in [0.15, 0.2) is 24.3 Å². The third-order valence-electron chi connectivity index (χ3n) is 4.07. The summed E-state index contributed by atoms with van der Waals surface area (Å²) >= 11 is 0. The van der Waals surface area contributed by atoms with Gasteiger partial charge in [-0.1, -0.05) is 29.8 Å². The van der Waals surface area contributed by atoms with Crippen molar-refractivity contribution in [3.63, 3.8) is 0 Å². The number of nitrogens with zero attached hydrogens (tertiary/aromatic N) is 4. The maximum atomic E-state index is 12.7. The Kier molecular flexibility index (Phi) is 5.33. The van der Waals surface area contributed by atoms with Crippen LogP contribution in [0.3, 0.4) is 0 Å². The fraction of sp³-hybridized carbons (Fsp3) is 0.412. The monoisotopic (exact) mass is 330 g/mol. The molecule has 0 saturated heterocycles. The number of aryl methyl sites for hydroxylation is 1. The van der Waals surface area contributed by atoms with Crippen molar-refractivity contribution in [3.05, 3.63) is 41.2 Å². The largest absolute Gasteiger partial charge is 0.480 e. The summed E-state index contributed by atoms with van der Waals surface area (Å²) in [6.45, 7) is 7.11. The van der Waals surface area contributed by atoms with Crippen molar-refractivity contribution in [3.8, 4) is 5.69 Å². The van der Waals surface area contributed by atoms with E-state index < -0.39 is 11.9 Å². The molecule has 1 N–H and O–H groups in total. The van der Waals surface area contributed by atoms with Crippen molar-refractivity contribution in [1.29, 1.82) is 0 Å². The van der Waals surface area contributed by atoms with Crippen LogP contribution in [0, 0.1) is 13.8 Å². The third kappa shape index (κ3) is 3.61. The lowest BCUT2D eigenvalue weighted by atomic mass is 10.2. The normalized spacial score (nSPS) is 12.0. The van der Waals surface area contributed by atoms with Gasteiger partial charge in [0, 0.05) is 6.04 Å². The van der Waals surface area contributed by atoms with Gasteiger partial charge in [-0.3, -0.25) is 9.59 Å². The molecule has 0 aliphatic rings. The Morgan fingerprint density at radius 3 is 2.42 bits per heavy atom. The Balaban J connectivity index is 2.36. The standard InChI is InChI=1S/C17H22N4O3/c1-5-12(3)20(10-15(22)23)17(24)16-13(4)21(19-18-16)14-8-6-11(2)7-9-14/h6-9,12H,5,10H2,1-4H3,(H,22,23). The molecule has 7 nitrogen and oxygen atoms in total. The first-order valence-corrected chi connectivity index (χ1v) is 7.87. The van der Waals surface area contributed by atoms with E-state index in [-0.39, 0.29) is 18.3 Å². The number of benzene rings is 1. The smallest absolute Gasteiger partial charge is 0.323 e. The molecule has 0 fully saturated rings. The number of amides is 1. The molecule has 2 aromatic rings. The molecule has 1 unspecified atom stereocenters. The number of carboxylic acid groups (broad SMARTS) is 1. The molecule has 0 bridgehead atoms. The van der Waals surface area contributed by atoms with Crippen LogP contribution in [0.2, 0.25) is 0 Å². The van der Waals surface area contributed by atoms with Crippen LogP contribution in [0.25, 0.3) is 5.69 Å². The van der Waals surface area contributed by atoms with Crippen molar-refractivity contribution in [1.82, 2.24) is 19.9 Å². The molecule has 1 aromatic carbocycles. The zero-order chi connectivity index (χ0) is 17.9. The summed E-state index contributed by atoms with van der Waals surface area (Å²) in [6.07, 6.45) is 0.657. The number of hydrogen-bond acceptors (Lipinski definition) is 4. The zero-order valence-corrected chi connectivity index (χ0v) is 14.4. The summed E-state index contributed by atoms with van der Waals surface area (Å²) in [7, 11) is 0. The molecule has 7 heteroatoms. The van der Waals surface area contributed by atoms with Gasteiger partial charge in [-0.15, -0.1) is 5.10 Å². The van der Waals surface area contributed by atoms with Gasteiger partial charge in [0.2, 0.25) is 0 Å². The Labute approximate surface area is 140 Å². The number of carbonyl (C=O) groups is 2. The van der Waals surface area contributed by atoms with Gasteiger partial charge >= 0.3 is 5.97 Å². The first-order valence-electron chi connectivity index (χ1n) is 7.87. The molecule has 128 valence electrons. The number of rotatable bonds is 6. The van der Waals surface area contributed by atoms with Gasteiger partial charge < -0.3 is 10.0 Å². The van der Waals surface area contributed by atoms with Crippen molar-refractivity contribution < 1.29 is 14.7 Å². The fourth-order valence-corrected chi connectivity index (χ4v) is 2.39. The molecular formula is C17H22N4O3. The van der Waals surface area contributed by atoms with Crippen molar-refractivity contribution in [2.45, 2.75) is 40.2 Å². The second kappa shape index (κ2) is 7.25. The van der Waals surface area contributed by atoms with E-state index in [0.717, 1.165) is 11.3 Å². The molecule has 0 aliphatic heterocycles. The van der Waals surface area contributed by atoms with Crippen LogP contribution < -0.4 is 0 Å². The number of carboxylic acids is 1. The minimum absolute atomic E-state index is 0.178. The number of carbonyl (C=O) groups excluding carboxylic acids is 1. The Hall–Kier alpha value is -2.70. The summed E-state index contributed by atoms with van der Waals surface area (Å²) in [5.74, 6) is -1.46. The molecule has 2 rings (SSSR count). The molecule has 0 saturated carbocycles. The van der Waals surface area contributed by atoms with Gasteiger partial charge in [0.25, 0.3) is 5.91 Å². The van der Waals surface area contributed by atoms with Gasteiger partial charge in [0.05, 0.1) is 11.4 Å². The molecule has 1 heterocycles. The maximum Gasteiger partial charge on any atom is 0.323 e. The van der Waals surface area contributed by atoms with Crippen LogP contribution in [-0.4, -0.2) is 49.5 Å². The van der Waals surface area contributed by atoms with Crippen LogP contribution >= 0.6 is 0 Å². The number of hydrogen-bond donors (Lipinski definition) is 1. The molecule has 1 aromatic heterocycles. The van der Waals surface area contributed by atoms with E-state index in [1.165, 1.54) is 4.90 Å². The van der Waals surface area contributed by atoms with Gasteiger partial charge in [0.15, 0.2) is 5.69 Å². The van der Waals surface area contributed by atoms with Gasteiger partial charge in [-0.2, -0.15) is 0 Å². The van der Waals surface area contributed by atoms with E-state index in [1.54, 1.807) is 11.6 Å². The van der Waals surface area contributed by atoms with Gasteiger partial charge in [-0.25, -0.2) is 4.68 Å². The van der Waals surface area contributed by atoms with Crippen molar-refractivity contribution >= 4 is 11.9 Å². The minimum atomic E-state index is -1.05. The highest BCUT2D eigenvalue weighted by Crippen LogP contribution is 2.16. The molecule has 24 heavy (non-hydrogen) atoms. The van der Waals surface area contributed by atoms with E-state index in [0.29, 0.717) is 12.1 Å². The summed E-state index contributed by atoms with van der Waals surface area (Å²) in [4.78, 5) is 25.1. The zero-order valence-electron chi connectivity index (χ0n) is 14.4. The van der Waals surface area contributed by atoms with E-state index in [1.807, 2.05) is 45.0 Å². The predicted octanol–water partition coefficient (Wildman–Crippen LogP) is 2.21. The molecule has 0 radical (unpaired) electrons. The number of aliphatic carboxylic acids is 1. The highest BCUT2D eigenvalue weighted by Gasteiger charge is 2.27. The van der Waals surface area contributed by atoms with E-state index in [2.05, 4.69) is 10.3 Å². The van der Waals surface area contributed by atoms with Crippen LogP contribution in [-0.2, 0) is 4.79 Å². The quantitative estimate of drug-likeness (QED) is 0.877. The highest BCUT2D eigenvalue weighted by molar-refractivity contribution is 5.95. The van der Waals surface area contributed by atoms with Gasteiger partial charge in [-0.05, 0) is 39.3 Å². The van der Waals surface area contributed by atoms with E-state index in [9.17, 15) is 9.59 Å². The molecule has 0 aliphatic carbocycles. The van der Waals surface area contributed by atoms with E-state index >= 15 is 0 Å². The minimum Gasteiger partial charge on any atom is -0.480 e. The topological polar surface area (TPSA) is 88.3 Å². The fourth-order valence-electron chi connectivity index (χ4n) is 2.39.